The fourth-order valence-electron chi connectivity index (χ4n) is 9.41. The average molecular weight is 850 g/mol. The molecular weight excluding hydrogens is 816 g/mol. The van der Waals surface area contributed by atoms with Gasteiger partial charge in [-0.3, -0.25) is 34.3 Å². The number of anilines is 2. The molecule has 6 atom stereocenters. The van der Waals surface area contributed by atoms with Crippen LogP contribution in [-0.2, 0) is 30.8 Å². The van der Waals surface area contributed by atoms with E-state index in [0.717, 1.165) is 4.90 Å². The number of allylic oxidation sites excluding steroid dienone is 2. The number of phenolic OH excluding ortho intramolecular Hbond substituents is 1. The quantitative estimate of drug-likeness (QED) is 0.103. The average Bonchev–Trinajstić information content (AvgIpc) is 3.58. The predicted molar refractivity (Wildman–Crippen MR) is 207 cm³/mol. The van der Waals surface area contributed by atoms with Crippen molar-refractivity contribution in [2.75, 3.05) is 24.5 Å². The molecule has 0 spiro atoms. The largest absolute Gasteiger partial charge is 0.508 e. The summed E-state index contributed by atoms with van der Waals surface area (Å²) in [6.45, 7) is 1.39. The highest BCUT2D eigenvalue weighted by Crippen LogP contribution is 2.66. The van der Waals surface area contributed by atoms with Gasteiger partial charge in [0.05, 0.1) is 53.7 Å². The van der Waals surface area contributed by atoms with E-state index in [1.54, 1.807) is 30.3 Å². The highest BCUT2D eigenvalue weighted by Gasteiger charge is 2.71. The second-order valence-corrected chi connectivity index (χ2v) is 15.6. The number of imide groups is 2. The van der Waals surface area contributed by atoms with E-state index >= 15 is 9.59 Å². The number of nitrogens with one attached hydrogen (secondary N) is 1. The van der Waals surface area contributed by atoms with Gasteiger partial charge in [-0.1, -0.05) is 47.0 Å². The number of hydrogen-bond acceptors (Lipinski definition) is 10. The zero-order valence-electron chi connectivity index (χ0n) is 31.3. The Bertz CT molecular complexity index is 2470. The number of pyridine rings is 1. The second kappa shape index (κ2) is 14.4. The molecule has 1 saturated carbocycles. The Morgan fingerprint density at radius 2 is 1.56 bits per heavy atom. The van der Waals surface area contributed by atoms with Crippen LogP contribution in [-0.4, -0.2) is 58.7 Å². The summed E-state index contributed by atoms with van der Waals surface area (Å²) < 4.78 is 52.3. The van der Waals surface area contributed by atoms with Gasteiger partial charge >= 0.3 is 6.18 Å². The number of aromatic hydroxyl groups is 1. The number of halogens is 5. The summed E-state index contributed by atoms with van der Waals surface area (Å²) in [5.41, 5.74) is 1.25. The normalized spacial score (nSPS) is 25.0. The number of aromatic nitrogens is 1. The Kier molecular flexibility index (Phi) is 9.74. The number of amides is 4. The van der Waals surface area contributed by atoms with Gasteiger partial charge in [-0.2, -0.15) is 18.2 Å². The lowest BCUT2D eigenvalue weighted by molar-refractivity contribution is -0.139. The molecular formula is C42H33Cl2F3N4O8. The Labute approximate surface area is 344 Å². The Balaban J connectivity index is 1.34. The number of methoxy groups -OCH3 is 2. The topological polar surface area (TPSA) is 155 Å². The number of ether oxygens (including phenoxy) is 2. The zero-order chi connectivity index (χ0) is 42.3. The summed E-state index contributed by atoms with van der Waals surface area (Å²) in [7, 11) is 2.69. The number of ketones is 1. The predicted octanol–water partition coefficient (Wildman–Crippen LogP) is 7.52. The lowest BCUT2D eigenvalue weighted by Crippen LogP contribution is -2.53. The third-order valence-corrected chi connectivity index (χ3v) is 12.4. The molecule has 1 aromatic heterocycles. The van der Waals surface area contributed by atoms with Crippen molar-refractivity contribution in [1.29, 1.82) is 0 Å². The van der Waals surface area contributed by atoms with Crippen molar-refractivity contribution in [2.45, 2.75) is 37.3 Å². The van der Waals surface area contributed by atoms with Gasteiger partial charge in [0, 0.05) is 40.4 Å². The Morgan fingerprint density at radius 1 is 0.915 bits per heavy atom. The van der Waals surface area contributed by atoms with Gasteiger partial charge in [-0.05, 0) is 73.7 Å². The van der Waals surface area contributed by atoms with Gasteiger partial charge in [-0.15, -0.1) is 0 Å². The van der Waals surface area contributed by atoms with E-state index in [2.05, 4.69) is 10.4 Å². The minimum Gasteiger partial charge on any atom is -0.508 e. The minimum absolute atomic E-state index is 0.0683. The number of hydrogen-bond donors (Lipinski definition) is 2. The molecule has 304 valence electrons. The summed E-state index contributed by atoms with van der Waals surface area (Å²) in [4.78, 5) is 76.3. The summed E-state index contributed by atoms with van der Waals surface area (Å²) in [5, 5.41) is 11.2. The summed E-state index contributed by atoms with van der Waals surface area (Å²) in [6, 6.07) is 15.6. The first-order chi connectivity index (χ1) is 28.0. The van der Waals surface area contributed by atoms with Crippen LogP contribution in [0.3, 0.4) is 0 Å². The minimum atomic E-state index is -4.79. The molecule has 12 nitrogen and oxygen atoms in total. The van der Waals surface area contributed by atoms with E-state index in [1.807, 2.05) is 0 Å². The molecule has 2 saturated heterocycles. The molecule has 3 aromatic carbocycles. The third-order valence-electron chi connectivity index (χ3n) is 11.9. The molecule has 2 aliphatic carbocycles. The molecule has 3 heterocycles. The fourth-order valence-corrected chi connectivity index (χ4v) is 9.74. The zero-order valence-corrected chi connectivity index (χ0v) is 32.9. The van der Waals surface area contributed by atoms with Crippen molar-refractivity contribution in [3.8, 4) is 17.2 Å². The molecule has 4 aromatic rings. The number of hydrazine groups is 1. The van der Waals surface area contributed by atoms with Crippen LogP contribution >= 0.6 is 23.2 Å². The van der Waals surface area contributed by atoms with Crippen molar-refractivity contribution in [1.82, 2.24) is 9.99 Å². The molecule has 59 heavy (non-hydrogen) atoms. The smallest absolute Gasteiger partial charge is 0.417 e. The number of carbonyl (C=O) groups is 5. The Hall–Kier alpha value is -5.93. The molecule has 2 aliphatic heterocycles. The van der Waals surface area contributed by atoms with Crippen molar-refractivity contribution in [2.24, 2.45) is 23.7 Å². The highest BCUT2D eigenvalue weighted by molar-refractivity contribution is 6.33. The van der Waals surface area contributed by atoms with Crippen molar-refractivity contribution in [3.05, 3.63) is 117 Å². The summed E-state index contributed by atoms with van der Waals surface area (Å²) in [6.07, 6.45) is -2.55. The highest BCUT2D eigenvalue weighted by atomic mass is 35.5. The molecule has 6 unspecified atom stereocenters. The van der Waals surface area contributed by atoms with Crippen molar-refractivity contribution in [3.63, 3.8) is 0 Å². The SMILES string of the molecule is COc1cc(O)cc(OC)c1C1C2=CCC3C(=O)N(c4ccc(C(C)=O)cc4)C(=O)C3C2CC2C(=O)N(Nc3ncc(C(F)(F)F)cc3Cl)C(=O)C21c1ccc(Cl)cc1. The van der Waals surface area contributed by atoms with E-state index < -0.39 is 81.2 Å². The summed E-state index contributed by atoms with van der Waals surface area (Å²) in [5.74, 6) is -8.60. The van der Waals surface area contributed by atoms with E-state index in [4.69, 9.17) is 32.7 Å². The van der Waals surface area contributed by atoms with Crippen LogP contribution in [0.25, 0.3) is 0 Å². The number of phenols is 1. The second-order valence-electron chi connectivity index (χ2n) is 14.8. The Morgan fingerprint density at radius 3 is 2.14 bits per heavy atom. The van der Waals surface area contributed by atoms with Crippen molar-refractivity contribution >= 4 is 64.1 Å². The van der Waals surface area contributed by atoms with E-state index in [0.29, 0.717) is 39.0 Å². The van der Waals surface area contributed by atoms with Crippen LogP contribution in [0.1, 0.15) is 52.7 Å². The molecule has 4 amide bonds. The van der Waals surface area contributed by atoms with Crippen molar-refractivity contribution < 1.29 is 51.7 Å². The molecule has 2 N–H and O–H groups in total. The van der Waals surface area contributed by atoms with Gasteiger partial charge in [-0.25, -0.2) is 4.98 Å². The molecule has 8 rings (SSSR count). The maximum atomic E-state index is 15.5. The van der Waals surface area contributed by atoms with Gasteiger partial charge < -0.3 is 14.6 Å². The summed E-state index contributed by atoms with van der Waals surface area (Å²) >= 11 is 12.6. The first-order valence-electron chi connectivity index (χ1n) is 18.3. The monoisotopic (exact) mass is 848 g/mol. The number of fused-ring (bicyclic) bond motifs is 4. The number of rotatable bonds is 8. The number of Topliss-reactive ketones (excluding diaryl/α,β-unsaturated/α-hetero) is 1. The van der Waals surface area contributed by atoms with Crippen LogP contribution < -0.4 is 19.8 Å². The van der Waals surface area contributed by atoms with Crippen LogP contribution in [0.4, 0.5) is 24.7 Å². The number of benzene rings is 3. The maximum absolute atomic E-state index is 15.5. The number of alkyl halides is 3. The fraction of sp³-hybridized carbons (Fsp3) is 0.286. The van der Waals surface area contributed by atoms with Gasteiger partial charge in [0.2, 0.25) is 11.8 Å². The lowest BCUT2D eigenvalue weighted by atomic mass is 9.49. The first-order valence-corrected chi connectivity index (χ1v) is 19.1. The van der Waals surface area contributed by atoms with Gasteiger partial charge in [0.25, 0.3) is 11.8 Å². The molecule has 17 heteroatoms. The molecule has 4 aliphatic rings. The van der Waals surface area contributed by atoms with Gasteiger partial charge in [0.1, 0.15) is 17.2 Å². The standard InChI is InChI=1S/C42H33Cl2F3N4O8/c1-19(52)20-4-10-24(11-5-20)50-37(54)27-13-12-26-28(33(27)39(50)56)17-29-38(55)51(49-36-30(44)14-22(18-48-36)42(45,46)47)40(57)41(29,21-6-8-23(43)9-7-21)35(26)34-31(58-2)15-25(53)16-32(34)59-3/h4-12,14-16,18,27-29,33,35,53H,13,17H2,1-3H3,(H,48,49). The maximum Gasteiger partial charge on any atom is 0.417 e. The van der Waals surface area contributed by atoms with Gasteiger partial charge in [0.15, 0.2) is 11.6 Å². The third kappa shape index (κ3) is 6.12. The van der Waals surface area contributed by atoms with Crippen LogP contribution in [0.5, 0.6) is 17.2 Å². The van der Waals surface area contributed by atoms with E-state index in [1.165, 1.54) is 57.5 Å². The first kappa shape index (κ1) is 39.9. The number of carbonyl (C=O) groups excluding carboxylic acids is 5. The van der Waals surface area contributed by atoms with Crippen LogP contribution in [0, 0.1) is 23.7 Å². The van der Waals surface area contributed by atoms with Crippen LogP contribution in [0.15, 0.2) is 84.6 Å². The molecule has 0 bridgehead atoms. The van der Waals surface area contributed by atoms with Crippen LogP contribution in [0.2, 0.25) is 10.0 Å². The molecule has 0 radical (unpaired) electrons. The van der Waals surface area contributed by atoms with E-state index in [-0.39, 0.29) is 47.1 Å². The molecule has 3 fully saturated rings. The van der Waals surface area contributed by atoms with E-state index in [9.17, 15) is 32.7 Å². The number of nitrogens with zero attached hydrogens (tertiary/aromatic N) is 3. The lowest BCUT2D eigenvalue weighted by Gasteiger charge is -2.51.